The number of para-hydroxylation sites is 1. The second-order valence-corrected chi connectivity index (χ2v) is 7.52. The van der Waals surface area contributed by atoms with Gasteiger partial charge < -0.3 is 14.8 Å². The average molecular weight is 368 g/mol. The van der Waals surface area contributed by atoms with E-state index in [-0.39, 0.29) is 11.8 Å². The molecule has 3 aromatic rings. The van der Waals surface area contributed by atoms with Crippen LogP contribution in [0.2, 0.25) is 0 Å². The van der Waals surface area contributed by atoms with Crippen molar-refractivity contribution in [2.24, 2.45) is 0 Å². The molecule has 3 heterocycles. The molecule has 6 nitrogen and oxygen atoms in total. The lowest BCUT2D eigenvalue weighted by molar-refractivity contribution is -0.131. The van der Waals surface area contributed by atoms with E-state index in [0.29, 0.717) is 38.3 Å². The fourth-order valence-corrected chi connectivity index (χ4v) is 3.92. The molecule has 1 aliphatic heterocycles. The van der Waals surface area contributed by atoms with Crippen molar-refractivity contribution < 1.29 is 9.59 Å². The van der Waals surface area contributed by atoms with E-state index in [1.54, 1.807) is 10.3 Å². The molecule has 1 N–H and O–H groups in total. The highest BCUT2D eigenvalue weighted by Crippen LogP contribution is 2.19. The lowest BCUT2D eigenvalue weighted by atomic mass is 10.1. The molecule has 2 amide bonds. The fourth-order valence-electron chi connectivity index (χ4n) is 3.34. The third-order valence-corrected chi connectivity index (χ3v) is 5.55. The Kier molecular flexibility index (Phi) is 4.46. The van der Waals surface area contributed by atoms with Crippen molar-refractivity contribution in [1.82, 2.24) is 19.8 Å². The van der Waals surface area contributed by atoms with Gasteiger partial charge >= 0.3 is 0 Å². The molecule has 2 aromatic heterocycles. The number of carbonyl (C=O) groups is 2. The number of benzene rings is 1. The zero-order chi connectivity index (χ0) is 18.1. The average Bonchev–Trinajstić information content (AvgIpc) is 3.28. The number of nitrogens with zero attached hydrogens (tertiary/aromatic N) is 3. The quantitative estimate of drug-likeness (QED) is 0.772. The molecule has 134 valence electrons. The zero-order valence-corrected chi connectivity index (χ0v) is 15.4. The van der Waals surface area contributed by atoms with Crippen molar-refractivity contribution in [3.8, 4) is 0 Å². The maximum absolute atomic E-state index is 12.7. The van der Waals surface area contributed by atoms with Crippen LogP contribution in [0, 0.1) is 6.92 Å². The van der Waals surface area contributed by atoms with Crippen molar-refractivity contribution in [3.63, 3.8) is 0 Å². The SMILES string of the molecule is Cc1nc(C(=O)N2CCN(C(=O)Cc3c[nH]c4ccccc34)CC2)cs1. The third-order valence-electron chi connectivity index (χ3n) is 4.77. The van der Waals surface area contributed by atoms with E-state index >= 15 is 0 Å². The number of amides is 2. The highest BCUT2D eigenvalue weighted by atomic mass is 32.1. The minimum Gasteiger partial charge on any atom is -0.361 e. The predicted octanol–water partition coefficient (Wildman–Crippen LogP) is 2.46. The van der Waals surface area contributed by atoms with E-state index in [4.69, 9.17) is 0 Å². The lowest BCUT2D eigenvalue weighted by Gasteiger charge is -2.34. The molecule has 0 bridgehead atoms. The van der Waals surface area contributed by atoms with Gasteiger partial charge in [0.05, 0.1) is 11.4 Å². The smallest absolute Gasteiger partial charge is 0.273 e. The van der Waals surface area contributed by atoms with E-state index in [0.717, 1.165) is 21.5 Å². The molecule has 0 radical (unpaired) electrons. The molecule has 26 heavy (non-hydrogen) atoms. The van der Waals surface area contributed by atoms with Crippen LogP contribution in [0.3, 0.4) is 0 Å². The first-order valence-corrected chi connectivity index (χ1v) is 9.54. The fraction of sp³-hybridized carbons (Fsp3) is 0.316. The van der Waals surface area contributed by atoms with Gasteiger partial charge in [-0.2, -0.15) is 0 Å². The molecule has 1 saturated heterocycles. The van der Waals surface area contributed by atoms with E-state index in [1.807, 2.05) is 42.3 Å². The Hall–Kier alpha value is -2.67. The Bertz CT molecular complexity index is 953. The molecule has 1 fully saturated rings. The van der Waals surface area contributed by atoms with Crippen molar-refractivity contribution in [2.75, 3.05) is 26.2 Å². The number of rotatable bonds is 3. The first-order chi connectivity index (χ1) is 12.6. The molecular formula is C19H20N4O2S. The highest BCUT2D eigenvalue weighted by Gasteiger charge is 2.26. The number of nitrogens with one attached hydrogen (secondary N) is 1. The zero-order valence-electron chi connectivity index (χ0n) is 14.6. The van der Waals surface area contributed by atoms with Gasteiger partial charge in [-0.25, -0.2) is 4.98 Å². The van der Waals surface area contributed by atoms with Crippen LogP contribution < -0.4 is 0 Å². The number of piperazine rings is 1. The van der Waals surface area contributed by atoms with Gasteiger partial charge in [0.25, 0.3) is 5.91 Å². The van der Waals surface area contributed by atoms with Crippen LogP contribution in [-0.2, 0) is 11.2 Å². The lowest BCUT2D eigenvalue weighted by Crippen LogP contribution is -2.51. The summed E-state index contributed by atoms with van der Waals surface area (Å²) in [4.78, 5) is 36.2. The highest BCUT2D eigenvalue weighted by molar-refractivity contribution is 7.09. The van der Waals surface area contributed by atoms with Gasteiger partial charge in [0.1, 0.15) is 5.69 Å². The Balaban J connectivity index is 1.37. The maximum atomic E-state index is 12.7. The number of aromatic amines is 1. The number of carbonyl (C=O) groups excluding carboxylic acids is 2. The molecule has 0 saturated carbocycles. The first-order valence-electron chi connectivity index (χ1n) is 8.66. The summed E-state index contributed by atoms with van der Waals surface area (Å²) < 4.78 is 0. The minimum absolute atomic E-state index is 0.0434. The topological polar surface area (TPSA) is 69.3 Å². The summed E-state index contributed by atoms with van der Waals surface area (Å²) in [6.45, 7) is 4.12. The van der Waals surface area contributed by atoms with Crippen LogP contribution in [0.4, 0.5) is 0 Å². The number of aryl methyl sites for hydroxylation is 1. The molecule has 1 aromatic carbocycles. The molecule has 0 unspecified atom stereocenters. The van der Waals surface area contributed by atoms with Crippen LogP contribution in [-0.4, -0.2) is 57.8 Å². The number of hydrogen-bond acceptors (Lipinski definition) is 4. The van der Waals surface area contributed by atoms with Crippen LogP contribution in [0.1, 0.15) is 21.1 Å². The van der Waals surface area contributed by atoms with Gasteiger partial charge in [0, 0.05) is 48.7 Å². The molecular weight excluding hydrogens is 348 g/mol. The van der Waals surface area contributed by atoms with Gasteiger partial charge in [0.2, 0.25) is 5.91 Å². The Morgan fingerprint density at radius 2 is 1.88 bits per heavy atom. The molecule has 1 aliphatic rings. The third kappa shape index (κ3) is 3.22. The minimum atomic E-state index is -0.0434. The van der Waals surface area contributed by atoms with E-state index in [2.05, 4.69) is 9.97 Å². The first kappa shape index (κ1) is 16.8. The summed E-state index contributed by atoms with van der Waals surface area (Å²) in [6.07, 6.45) is 2.29. The van der Waals surface area contributed by atoms with Crippen molar-refractivity contribution in [1.29, 1.82) is 0 Å². The van der Waals surface area contributed by atoms with E-state index < -0.39 is 0 Å². The number of aromatic nitrogens is 2. The van der Waals surface area contributed by atoms with Crippen molar-refractivity contribution in [2.45, 2.75) is 13.3 Å². The largest absolute Gasteiger partial charge is 0.361 e. The molecule has 0 atom stereocenters. The van der Waals surface area contributed by atoms with E-state index in [1.165, 1.54) is 11.3 Å². The standard InChI is InChI=1S/C19H20N4O2S/c1-13-21-17(12-26-13)19(25)23-8-6-22(7-9-23)18(24)10-14-11-20-16-5-3-2-4-15(14)16/h2-5,11-12,20H,6-10H2,1H3. The predicted molar refractivity (Wildman–Crippen MR) is 101 cm³/mol. The number of fused-ring (bicyclic) bond motifs is 1. The molecule has 0 aliphatic carbocycles. The molecule has 4 rings (SSSR count). The van der Waals surface area contributed by atoms with Gasteiger partial charge in [-0.15, -0.1) is 11.3 Å². The van der Waals surface area contributed by atoms with Crippen LogP contribution in [0.15, 0.2) is 35.8 Å². The van der Waals surface area contributed by atoms with Gasteiger partial charge in [-0.1, -0.05) is 18.2 Å². The summed E-state index contributed by atoms with van der Waals surface area (Å²) in [5, 5.41) is 3.78. The van der Waals surface area contributed by atoms with Crippen molar-refractivity contribution >= 4 is 34.1 Å². The second-order valence-electron chi connectivity index (χ2n) is 6.46. The summed E-state index contributed by atoms with van der Waals surface area (Å²) in [6, 6.07) is 7.99. The second kappa shape index (κ2) is 6.92. The Morgan fingerprint density at radius 1 is 1.15 bits per heavy atom. The summed E-state index contributed by atoms with van der Waals surface area (Å²) in [5.41, 5.74) is 2.57. The van der Waals surface area contributed by atoms with E-state index in [9.17, 15) is 9.59 Å². The summed E-state index contributed by atoms with van der Waals surface area (Å²) in [7, 11) is 0. The van der Waals surface area contributed by atoms with Gasteiger partial charge in [-0.3, -0.25) is 9.59 Å². The normalized spacial score (nSPS) is 14.8. The Morgan fingerprint density at radius 3 is 2.62 bits per heavy atom. The number of hydrogen-bond donors (Lipinski definition) is 1. The monoisotopic (exact) mass is 368 g/mol. The van der Waals surface area contributed by atoms with Gasteiger partial charge in [-0.05, 0) is 18.6 Å². The van der Waals surface area contributed by atoms with Crippen LogP contribution in [0.5, 0.6) is 0 Å². The van der Waals surface area contributed by atoms with Gasteiger partial charge in [0.15, 0.2) is 0 Å². The Labute approximate surface area is 155 Å². The van der Waals surface area contributed by atoms with Crippen molar-refractivity contribution in [3.05, 3.63) is 52.1 Å². The number of thiazole rings is 1. The summed E-state index contributed by atoms with van der Waals surface area (Å²) in [5.74, 6) is 0.0597. The molecule has 7 heteroatoms. The van der Waals surface area contributed by atoms with Crippen LogP contribution in [0.25, 0.3) is 10.9 Å². The maximum Gasteiger partial charge on any atom is 0.273 e. The number of H-pyrrole nitrogens is 1. The van der Waals surface area contributed by atoms with Crippen LogP contribution >= 0.6 is 11.3 Å². The summed E-state index contributed by atoms with van der Waals surface area (Å²) >= 11 is 1.48. The molecule has 0 spiro atoms.